The molecule has 0 fully saturated rings. The molecule has 6 nitrogen and oxygen atoms in total. The lowest BCUT2D eigenvalue weighted by atomic mass is 10.2. The number of hydrogen-bond donors (Lipinski definition) is 0. The van der Waals surface area contributed by atoms with Gasteiger partial charge >= 0.3 is 12.5 Å². The highest BCUT2D eigenvalue weighted by Gasteiger charge is 2.39. The number of hydrogen-bond acceptors (Lipinski definition) is 5. The smallest absolute Gasteiger partial charge is 0.406 e. The van der Waals surface area contributed by atoms with Crippen LogP contribution in [-0.4, -0.2) is 36.7 Å². The lowest BCUT2D eigenvalue weighted by Gasteiger charge is -2.25. The normalized spacial score (nSPS) is 12.7. The highest BCUT2D eigenvalue weighted by atomic mass is 32.2. The average molecular weight is 415 g/mol. The van der Waals surface area contributed by atoms with Gasteiger partial charge in [0.2, 0.25) is 10.0 Å². The third kappa shape index (κ3) is 6.58. The van der Waals surface area contributed by atoms with Gasteiger partial charge in [0.1, 0.15) is 12.1 Å². The van der Waals surface area contributed by atoms with Gasteiger partial charge in [0.05, 0.1) is 12.2 Å². The predicted molar refractivity (Wildman–Crippen MR) is 81.2 cm³/mol. The molecule has 1 aromatic carbocycles. The second kappa shape index (κ2) is 7.58. The number of anilines is 1. The van der Waals surface area contributed by atoms with E-state index in [2.05, 4.69) is 14.7 Å². The van der Waals surface area contributed by atoms with Crippen LogP contribution in [0.25, 0.3) is 0 Å². The van der Waals surface area contributed by atoms with E-state index in [1.165, 1.54) is 12.4 Å². The fourth-order valence-electron chi connectivity index (χ4n) is 2.05. The monoisotopic (exact) mass is 415 g/mol. The second-order valence-electron chi connectivity index (χ2n) is 5.17. The molecule has 1 aromatic heterocycles. The van der Waals surface area contributed by atoms with Crippen LogP contribution in [0.1, 0.15) is 5.56 Å². The third-order valence-corrected chi connectivity index (χ3v) is 4.66. The van der Waals surface area contributed by atoms with Crippen LogP contribution in [-0.2, 0) is 16.6 Å². The van der Waals surface area contributed by atoms with Crippen LogP contribution in [0.5, 0.6) is 5.75 Å². The fraction of sp³-hybridized carbons (Fsp3) is 0.286. The number of ether oxygens (including phenoxy) is 1. The van der Waals surface area contributed by atoms with E-state index >= 15 is 0 Å². The van der Waals surface area contributed by atoms with Gasteiger partial charge in [-0.2, -0.15) is 13.2 Å². The maximum Gasteiger partial charge on any atom is 0.573 e. The number of sulfonamides is 1. The van der Waals surface area contributed by atoms with Crippen LogP contribution in [0.15, 0.2) is 43.0 Å². The van der Waals surface area contributed by atoms with Gasteiger partial charge in [0, 0.05) is 24.0 Å². The summed E-state index contributed by atoms with van der Waals surface area (Å²) in [6.07, 6.45) is -6.65. The number of aromatic nitrogens is 2. The van der Waals surface area contributed by atoms with Crippen molar-refractivity contribution in [3.63, 3.8) is 0 Å². The Kier molecular flexibility index (Phi) is 5.82. The van der Waals surface area contributed by atoms with Crippen LogP contribution >= 0.6 is 0 Å². The van der Waals surface area contributed by atoms with Crippen molar-refractivity contribution in [3.8, 4) is 5.75 Å². The molecule has 0 unspecified atom stereocenters. The molecule has 2 aromatic rings. The molecule has 1 heterocycles. The number of halogens is 6. The van der Waals surface area contributed by atoms with Crippen molar-refractivity contribution in [2.24, 2.45) is 0 Å². The minimum atomic E-state index is -5.05. The summed E-state index contributed by atoms with van der Waals surface area (Å²) in [5.74, 6) is -2.98. The highest BCUT2D eigenvalue weighted by molar-refractivity contribution is 7.92. The fourth-order valence-corrected chi connectivity index (χ4v) is 3.40. The van der Waals surface area contributed by atoms with Crippen molar-refractivity contribution in [2.75, 3.05) is 10.1 Å². The molecule has 0 aliphatic rings. The Labute approximate surface area is 149 Å². The molecule has 0 amide bonds. The van der Waals surface area contributed by atoms with Gasteiger partial charge in [-0.3, -0.25) is 4.31 Å². The maximum absolute atomic E-state index is 12.7. The summed E-state index contributed by atoms with van der Waals surface area (Å²) in [4.78, 5) is 7.25. The van der Waals surface area contributed by atoms with Crippen molar-refractivity contribution < 1.29 is 39.5 Å². The zero-order valence-electron chi connectivity index (χ0n) is 13.2. The first kappa shape index (κ1) is 20.7. The molecule has 27 heavy (non-hydrogen) atoms. The van der Waals surface area contributed by atoms with Gasteiger partial charge < -0.3 is 4.74 Å². The van der Waals surface area contributed by atoms with Crippen LogP contribution in [0.4, 0.5) is 32.0 Å². The zero-order valence-corrected chi connectivity index (χ0v) is 14.0. The minimum Gasteiger partial charge on any atom is -0.406 e. The summed E-state index contributed by atoms with van der Waals surface area (Å²) in [5, 5.41) is 0. The van der Waals surface area contributed by atoms with Gasteiger partial charge in [0.15, 0.2) is 5.75 Å². The molecule has 0 aliphatic carbocycles. The van der Waals surface area contributed by atoms with Crippen molar-refractivity contribution in [2.45, 2.75) is 19.1 Å². The lowest BCUT2D eigenvalue weighted by molar-refractivity contribution is -0.274. The van der Waals surface area contributed by atoms with Crippen LogP contribution in [0, 0.1) is 0 Å². The molecule has 0 saturated heterocycles. The molecule has 0 N–H and O–H groups in total. The van der Waals surface area contributed by atoms with Crippen molar-refractivity contribution in [1.29, 1.82) is 0 Å². The number of nitrogens with zero attached hydrogens (tertiary/aromatic N) is 3. The van der Waals surface area contributed by atoms with E-state index in [0.29, 0.717) is 10.4 Å². The van der Waals surface area contributed by atoms with E-state index in [-0.39, 0.29) is 5.56 Å². The molecular weight excluding hydrogens is 404 g/mol. The molecule has 148 valence electrons. The van der Waals surface area contributed by atoms with Gasteiger partial charge in [-0.15, -0.1) is 13.2 Å². The third-order valence-electron chi connectivity index (χ3n) is 2.96. The van der Waals surface area contributed by atoms with Crippen LogP contribution < -0.4 is 9.04 Å². The van der Waals surface area contributed by atoms with Crippen molar-refractivity contribution in [3.05, 3.63) is 48.5 Å². The molecule has 0 spiro atoms. The van der Waals surface area contributed by atoms with E-state index < -0.39 is 46.3 Å². The molecule has 13 heteroatoms. The van der Waals surface area contributed by atoms with Crippen molar-refractivity contribution >= 4 is 15.7 Å². The summed E-state index contributed by atoms with van der Waals surface area (Å²) in [5.41, 5.74) is -0.310. The van der Waals surface area contributed by atoms with E-state index in [1.807, 2.05) is 0 Å². The van der Waals surface area contributed by atoms with E-state index in [9.17, 15) is 34.8 Å². The van der Waals surface area contributed by atoms with Gasteiger partial charge in [0.25, 0.3) is 0 Å². The van der Waals surface area contributed by atoms with E-state index in [1.54, 1.807) is 0 Å². The summed E-state index contributed by atoms with van der Waals surface area (Å²) in [6, 6.07) is 3.62. The van der Waals surface area contributed by atoms with Crippen LogP contribution in [0.3, 0.4) is 0 Å². The van der Waals surface area contributed by atoms with Gasteiger partial charge in [-0.25, -0.2) is 18.4 Å². The first-order chi connectivity index (χ1) is 12.4. The van der Waals surface area contributed by atoms with Gasteiger partial charge in [-0.05, 0) is 12.1 Å². The van der Waals surface area contributed by atoms with Gasteiger partial charge in [-0.1, -0.05) is 6.07 Å². The zero-order chi connectivity index (χ0) is 20.3. The number of alkyl halides is 6. The molecule has 0 bridgehead atoms. The van der Waals surface area contributed by atoms with Crippen LogP contribution in [0.2, 0.25) is 0 Å². The Morgan fingerprint density at radius 2 is 1.67 bits per heavy atom. The van der Waals surface area contributed by atoms with Crippen molar-refractivity contribution in [1.82, 2.24) is 9.97 Å². The lowest BCUT2D eigenvalue weighted by Crippen LogP contribution is -2.37. The van der Waals surface area contributed by atoms with E-state index in [0.717, 1.165) is 24.5 Å². The maximum atomic E-state index is 12.7. The second-order valence-corrected chi connectivity index (χ2v) is 7.06. The molecule has 0 aliphatic heterocycles. The first-order valence-electron chi connectivity index (χ1n) is 7.03. The molecule has 0 saturated carbocycles. The van der Waals surface area contributed by atoms with E-state index in [4.69, 9.17) is 0 Å². The summed E-state index contributed by atoms with van der Waals surface area (Å²) >= 11 is 0. The average Bonchev–Trinajstić information content (AvgIpc) is 2.50. The highest BCUT2D eigenvalue weighted by Crippen LogP contribution is 2.30. The molecular formula is C14H11F6N3O3S. The first-order valence-corrected chi connectivity index (χ1v) is 8.63. The minimum absolute atomic E-state index is 0.130. The topological polar surface area (TPSA) is 72.4 Å². The quantitative estimate of drug-likeness (QED) is 0.678. The SMILES string of the molecule is O=S(=O)(CC(F)(F)F)N(Cc1cncnc1)c1cccc(OC(F)(F)F)c1. The Morgan fingerprint density at radius 3 is 2.22 bits per heavy atom. The Bertz CT molecular complexity index is 872. The summed E-state index contributed by atoms with van der Waals surface area (Å²) < 4.78 is 104. The Balaban J connectivity index is 2.45. The standard InChI is InChI=1S/C14H11F6N3O3S/c15-13(16,17)8-27(24,25)23(7-10-5-21-9-22-6-10)11-2-1-3-12(4-11)26-14(18,19)20/h1-6,9H,7-8H2. The summed E-state index contributed by atoms with van der Waals surface area (Å²) in [7, 11) is -4.98. The molecule has 2 rings (SSSR count). The molecule has 0 atom stereocenters. The predicted octanol–water partition coefficient (Wildman–Crippen LogP) is 3.27. The largest absolute Gasteiger partial charge is 0.573 e. The number of rotatable bonds is 6. The summed E-state index contributed by atoms with van der Waals surface area (Å²) in [6.45, 7) is -0.616. The Morgan fingerprint density at radius 1 is 1.04 bits per heavy atom. The Hall–Kier alpha value is -2.57. The number of benzene rings is 1. The molecule has 0 radical (unpaired) electrons.